The molecule has 1 N–H and O–H groups in total. The van der Waals surface area contributed by atoms with E-state index in [1.807, 2.05) is 12.1 Å². The fraction of sp³-hybridized carbons (Fsp3) is 0.316. The van der Waals surface area contributed by atoms with E-state index in [-0.39, 0.29) is 5.91 Å². The summed E-state index contributed by atoms with van der Waals surface area (Å²) in [4.78, 5) is 13.1. The van der Waals surface area contributed by atoms with Gasteiger partial charge in [0.1, 0.15) is 0 Å². The number of benzene rings is 1. The first-order chi connectivity index (χ1) is 11.3. The maximum absolute atomic E-state index is 12.2. The zero-order valence-electron chi connectivity index (χ0n) is 13.0. The fourth-order valence-corrected chi connectivity index (χ4v) is 3.87. The van der Waals surface area contributed by atoms with Crippen molar-refractivity contribution in [2.75, 3.05) is 6.54 Å². The minimum absolute atomic E-state index is 0.0530. The molecule has 0 spiro atoms. The monoisotopic (exact) mass is 324 g/mol. The molecule has 1 fully saturated rings. The first-order valence-corrected chi connectivity index (χ1v) is 9.04. The highest BCUT2D eigenvalue weighted by Gasteiger charge is 2.23. The lowest BCUT2D eigenvalue weighted by atomic mass is 10.1. The van der Waals surface area contributed by atoms with Gasteiger partial charge in [-0.25, -0.2) is 0 Å². The molecule has 118 valence electrons. The lowest BCUT2D eigenvalue weighted by Crippen LogP contribution is -2.23. The molecule has 2 heterocycles. The summed E-state index contributed by atoms with van der Waals surface area (Å²) >= 11 is 1.59. The Morgan fingerprint density at radius 3 is 2.78 bits per heavy atom. The topological polar surface area (TPSA) is 34.0 Å². The van der Waals surface area contributed by atoms with Crippen molar-refractivity contribution in [3.63, 3.8) is 0 Å². The molecule has 0 radical (unpaired) electrons. The van der Waals surface area contributed by atoms with Crippen molar-refractivity contribution in [3.05, 3.63) is 59.2 Å². The van der Waals surface area contributed by atoms with Gasteiger partial charge in [0.25, 0.3) is 5.91 Å². The Balaban J connectivity index is 1.31. The second kappa shape index (κ2) is 6.20. The minimum atomic E-state index is 0.0530. The molecule has 0 unspecified atom stereocenters. The van der Waals surface area contributed by atoms with Gasteiger partial charge in [-0.15, -0.1) is 11.3 Å². The predicted octanol–water partition coefficient (Wildman–Crippen LogP) is 4.40. The molecule has 2 aromatic heterocycles. The van der Waals surface area contributed by atoms with Crippen LogP contribution in [0.15, 0.2) is 48.8 Å². The van der Waals surface area contributed by atoms with E-state index in [1.165, 1.54) is 28.5 Å². The van der Waals surface area contributed by atoms with E-state index < -0.39 is 0 Å². The second-order valence-electron chi connectivity index (χ2n) is 6.21. The predicted molar refractivity (Wildman–Crippen MR) is 95.2 cm³/mol. The normalized spacial score (nSPS) is 14.3. The van der Waals surface area contributed by atoms with Crippen molar-refractivity contribution in [3.8, 4) is 0 Å². The molecule has 0 bridgehead atoms. The molecule has 3 aromatic rings. The zero-order valence-corrected chi connectivity index (χ0v) is 13.8. The number of carbonyl (C=O) groups is 1. The number of hydrogen-bond donors (Lipinski definition) is 1. The molecule has 1 saturated carbocycles. The molecule has 23 heavy (non-hydrogen) atoms. The third-order valence-electron chi connectivity index (χ3n) is 4.31. The standard InChI is InChI=1S/C19H20N2OS/c22-19(20-10-4-7-14-5-2-1-3-6-14)17-11-15-12-21(16-8-9-16)13-18(15)23-17/h1-3,5-6,11-13,16H,4,7-10H2,(H,20,22). The Hall–Kier alpha value is -2.07. The zero-order chi connectivity index (χ0) is 15.6. The summed E-state index contributed by atoms with van der Waals surface area (Å²) in [6.45, 7) is 0.720. The summed E-state index contributed by atoms with van der Waals surface area (Å²) in [5.74, 6) is 0.0530. The molecule has 0 atom stereocenters. The van der Waals surface area contributed by atoms with Gasteiger partial charge in [-0.05, 0) is 37.3 Å². The van der Waals surface area contributed by atoms with Gasteiger partial charge < -0.3 is 9.88 Å². The molecule has 1 aliphatic rings. The van der Waals surface area contributed by atoms with Crippen LogP contribution in [0.2, 0.25) is 0 Å². The van der Waals surface area contributed by atoms with E-state index in [9.17, 15) is 4.79 Å². The van der Waals surface area contributed by atoms with E-state index in [0.29, 0.717) is 6.04 Å². The fourth-order valence-electron chi connectivity index (χ4n) is 2.88. The quantitative estimate of drug-likeness (QED) is 0.670. The van der Waals surface area contributed by atoms with Crippen LogP contribution in [0.5, 0.6) is 0 Å². The molecule has 0 saturated heterocycles. The summed E-state index contributed by atoms with van der Waals surface area (Å²) < 4.78 is 3.51. The lowest BCUT2D eigenvalue weighted by molar-refractivity contribution is 0.0957. The SMILES string of the molecule is O=C(NCCCc1ccccc1)c1cc2cn(C3CC3)cc2s1. The van der Waals surface area contributed by atoms with E-state index >= 15 is 0 Å². The smallest absolute Gasteiger partial charge is 0.261 e. The van der Waals surface area contributed by atoms with E-state index in [4.69, 9.17) is 0 Å². The number of thiophene rings is 1. The van der Waals surface area contributed by atoms with Crippen LogP contribution in [0, 0.1) is 0 Å². The highest BCUT2D eigenvalue weighted by Crippen LogP contribution is 2.38. The van der Waals surface area contributed by atoms with Crippen LogP contribution >= 0.6 is 11.3 Å². The van der Waals surface area contributed by atoms with E-state index in [0.717, 1.165) is 24.3 Å². The Kier molecular flexibility index (Phi) is 3.92. The van der Waals surface area contributed by atoms with Crippen molar-refractivity contribution in [1.82, 2.24) is 9.88 Å². The van der Waals surface area contributed by atoms with Crippen molar-refractivity contribution in [1.29, 1.82) is 0 Å². The average Bonchev–Trinajstić information content (AvgIpc) is 3.22. The van der Waals surface area contributed by atoms with E-state index in [1.54, 1.807) is 11.3 Å². The Morgan fingerprint density at radius 1 is 1.22 bits per heavy atom. The van der Waals surface area contributed by atoms with Gasteiger partial charge in [-0.3, -0.25) is 4.79 Å². The van der Waals surface area contributed by atoms with Crippen LogP contribution in [0.1, 0.15) is 40.5 Å². The minimum Gasteiger partial charge on any atom is -0.351 e. The molecule has 0 aliphatic heterocycles. The van der Waals surface area contributed by atoms with Gasteiger partial charge in [0, 0.05) is 30.4 Å². The molecular formula is C19H20N2OS. The molecule has 1 aromatic carbocycles. The summed E-state index contributed by atoms with van der Waals surface area (Å²) in [6.07, 6.45) is 8.90. The van der Waals surface area contributed by atoms with Crippen molar-refractivity contribution < 1.29 is 4.79 Å². The molecular weight excluding hydrogens is 304 g/mol. The van der Waals surface area contributed by atoms with Crippen LogP contribution < -0.4 is 5.32 Å². The summed E-state index contributed by atoms with van der Waals surface area (Å²) in [7, 11) is 0. The summed E-state index contributed by atoms with van der Waals surface area (Å²) in [5, 5.41) is 4.23. The molecule has 1 aliphatic carbocycles. The van der Waals surface area contributed by atoms with Gasteiger partial charge in [0.15, 0.2) is 0 Å². The van der Waals surface area contributed by atoms with Gasteiger partial charge in [0.05, 0.1) is 9.58 Å². The largest absolute Gasteiger partial charge is 0.351 e. The maximum Gasteiger partial charge on any atom is 0.261 e. The number of hydrogen-bond acceptors (Lipinski definition) is 2. The Morgan fingerprint density at radius 2 is 2.04 bits per heavy atom. The number of nitrogens with zero attached hydrogens (tertiary/aromatic N) is 1. The van der Waals surface area contributed by atoms with Gasteiger partial charge in [-0.2, -0.15) is 0 Å². The van der Waals surface area contributed by atoms with Gasteiger partial charge in [-0.1, -0.05) is 30.3 Å². The Labute approximate surface area is 139 Å². The van der Waals surface area contributed by atoms with Crippen LogP contribution in [0.25, 0.3) is 10.1 Å². The third kappa shape index (κ3) is 3.32. The van der Waals surface area contributed by atoms with Crippen molar-refractivity contribution in [2.45, 2.75) is 31.7 Å². The number of amides is 1. The molecule has 4 rings (SSSR count). The third-order valence-corrected chi connectivity index (χ3v) is 5.39. The highest BCUT2D eigenvalue weighted by atomic mass is 32.1. The number of fused-ring (bicyclic) bond motifs is 1. The van der Waals surface area contributed by atoms with Gasteiger partial charge >= 0.3 is 0 Å². The van der Waals surface area contributed by atoms with E-state index in [2.05, 4.69) is 46.5 Å². The highest BCUT2D eigenvalue weighted by molar-refractivity contribution is 7.20. The van der Waals surface area contributed by atoms with Gasteiger partial charge in [0.2, 0.25) is 0 Å². The van der Waals surface area contributed by atoms with Crippen LogP contribution in [0.3, 0.4) is 0 Å². The number of carbonyl (C=O) groups excluding carboxylic acids is 1. The van der Waals surface area contributed by atoms with Crippen molar-refractivity contribution >= 4 is 27.3 Å². The molecule has 3 nitrogen and oxygen atoms in total. The van der Waals surface area contributed by atoms with Crippen molar-refractivity contribution in [2.24, 2.45) is 0 Å². The van der Waals surface area contributed by atoms with Crippen LogP contribution in [-0.4, -0.2) is 17.0 Å². The first kappa shape index (κ1) is 14.5. The lowest BCUT2D eigenvalue weighted by Gasteiger charge is -2.04. The van der Waals surface area contributed by atoms with Crippen LogP contribution in [0.4, 0.5) is 0 Å². The second-order valence-corrected chi connectivity index (χ2v) is 7.30. The van der Waals surface area contributed by atoms with Crippen LogP contribution in [-0.2, 0) is 6.42 Å². The number of aryl methyl sites for hydroxylation is 1. The molecule has 1 amide bonds. The Bertz CT molecular complexity index is 783. The first-order valence-electron chi connectivity index (χ1n) is 8.23. The molecule has 4 heteroatoms. The number of aromatic nitrogens is 1. The summed E-state index contributed by atoms with van der Waals surface area (Å²) in [5.41, 5.74) is 1.32. The summed E-state index contributed by atoms with van der Waals surface area (Å²) in [6, 6.07) is 13.1. The maximum atomic E-state index is 12.2. The number of rotatable bonds is 6. The average molecular weight is 324 g/mol. The number of nitrogens with one attached hydrogen (secondary N) is 1.